The quantitative estimate of drug-likeness (QED) is 0.310. The second-order valence-electron chi connectivity index (χ2n) is 5.77. The van der Waals surface area contributed by atoms with Gasteiger partial charge in [-0.2, -0.15) is 5.10 Å². The minimum Gasteiger partial charge on any atom is -0.455 e. The number of benzene rings is 2. The molecule has 1 heterocycles. The Hall–Kier alpha value is -3.53. The zero-order chi connectivity index (χ0) is 20.8. The summed E-state index contributed by atoms with van der Waals surface area (Å²) in [4.78, 5) is 22.2. The number of nitrogens with zero attached hydrogens (tertiary/aromatic N) is 2. The first-order chi connectivity index (χ1) is 13.9. The van der Waals surface area contributed by atoms with Crippen LogP contribution in [0, 0.1) is 15.9 Å². The van der Waals surface area contributed by atoms with E-state index in [2.05, 4.69) is 31.8 Å². The highest BCUT2D eigenvalue weighted by atomic mass is 79.9. The predicted molar refractivity (Wildman–Crippen MR) is 109 cm³/mol. The normalized spacial score (nSPS) is 10.8. The lowest BCUT2D eigenvalue weighted by atomic mass is 10.1. The molecule has 0 saturated carbocycles. The molecule has 3 rings (SSSR count). The van der Waals surface area contributed by atoms with Crippen molar-refractivity contribution in [1.82, 2.24) is 5.43 Å². The standard InChI is InChI=1S/C19H14BrFN4O4/c20-12-1-4-14(5-2-12)22-11-19(26)24-23-10-15-6-8-18(29-15)16-7-3-13(21)9-17(16)25(27)28/h1-10,22H,11H2,(H,24,26)/b23-10-. The SMILES string of the molecule is O=C(CNc1ccc(Br)cc1)N/N=C\c1ccc(-c2ccc(F)cc2[N+](=O)[O-])o1. The van der Waals surface area contributed by atoms with Gasteiger partial charge in [0, 0.05) is 10.2 Å². The number of nitro benzene ring substituents is 1. The van der Waals surface area contributed by atoms with Gasteiger partial charge in [-0.3, -0.25) is 14.9 Å². The Morgan fingerprint density at radius 3 is 2.69 bits per heavy atom. The Morgan fingerprint density at radius 2 is 1.97 bits per heavy atom. The number of halogens is 2. The number of carbonyl (C=O) groups excluding carboxylic acids is 1. The molecule has 8 nitrogen and oxygen atoms in total. The lowest BCUT2D eigenvalue weighted by Crippen LogP contribution is -2.25. The summed E-state index contributed by atoms with van der Waals surface area (Å²) in [6.07, 6.45) is 1.26. The molecule has 0 atom stereocenters. The Kier molecular flexibility index (Phi) is 6.35. The van der Waals surface area contributed by atoms with Gasteiger partial charge in [0.2, 0.25) is 0 Å². The summed E-state index contributed by atoms with van der Waals surface area (Å²) in [6, 6.07) is 13.6. The number of furan rings is 1. The Balaban J connectivity index is 1.59. The number of nitrogens with one attached hydrogen (secondary N) is 2. The van der Waals surface area contributed by atoms with Crippen molar-refractivity contribution in [3.05, 3.63) is 80.8 Å². The van der Waals surface area contributed by atoms with Crippen LogP contribution in [0.5, 0.6) is 0 Å². The third-order valence-electron chi connectivity index (χ3n) is 3.73. The van der Waals surface area contributed by atoms with Gasteiger partial charge in [-0.05, 0) is 48.5 Å². The van der Waals surface area contributed by atoms with Crippen LogP contribution >= 0.6 is 15.9 Å². The molecule has 0 bridgehead atoms. The summed E-state index contributed by atoms with van der Waals surface area (Å²) < 4.78 is 19.7. The molecule has 0 aliphatic carbocycles. The van der Waals surface area contributed by atoms with Crippen LogP contribution in [0.1, 0.15) is 5.76 Å². The first-order valence-electron chi connectivity index (χ1n) is 8.28. The fraction of sp³-hybridized carbons (Fsp3) is 0.0526. The van der Waals surface area contributed by atoms with E-state index in [-0.39, 0.29) is 29.5 Å². The summed E-state index contributed by atoms with van der Waals surface area (Å²) in [7, 11) is 0. The van der Waals surface area contributed by atoms with Crippen LogP contribution in [0.2, 0.25) is 0 Å². The second-order valence-corrected chi connectivity index (χ2v) is 6.69. The van der Waals surface area contributed by atoms with Crippen molar-refractivity contribution in [2.45, 2.75) is 0 Å². The van der Waals surface area contributed by atoms with E-state index in [1.165, 1.54) is 24.4 Å². The van der Waals surface area contributed by atoms with E-state index in [0.717, 1.165) is 22.3 Å². The molecule has 0 radical (unpaired) electrons. The molecule has 1 aromatic heterocycles. The van der Waals surface area contributed by atoms with Gasteiger partial charge in [-0.15, -0.1) is 0 Å². The van der Waals surface area contributed by atoms with Gasteiger partial charge < -0.3 is 9.73 Å². The molecule has 0 unspecified atom stereocenters. The minimum atomic E-state index is -0.715. The maximum atomic E-state index is 13.3. The number of amides is 1. The fourth-order valence-electron chi connectivity index (χ4n) is 2.39. The molecule has 0 aliphatic heterocycles. The summed E-state index contributed by atoms with van der Waals surface area (Å²) >= 11 is 3.33. The van der Waals surface area contributed by atoms with Gasteiger partial charge >= 0.3 is 0 Å². The van der Waals surface area contributed by atoms with Gasteiger partial charge in [0.15, 0.2) is 0 Å². The van der Waals surface area contributed by atoms with Crippen LogP contribution in [0.4, 0.5) is 15.8 Å². The Bertz CT molecular complexity index is 1070. The molecule has 0 fully saturated rings. The summed E-state index contributed by atoms with van der Waals surface area (Å²) in [5.74, 6) is -0.639. The third-order valence-corrected chi connectivity index (χ3v) is 4.26. The summed E-state index contributed by atoms with van der Waals surface area (Å²) in [5.41, 5.74) is 2.85. The lowest BCUT2D eigenvalue weighted by Gasteiger charge is -2.04. The zero-order valence-electron chi connectivity index (χ0n) is 14.8. The van der Waals surface area contributed by atoms with Crippen LogP contribution in [0.25, 0.3) is 11.3 Å². The number of nitro groups is 1. The molecule has 2 N–H and O–H groups in total. The number of hydrazone groups is 1. The van der Waals surface area contributed by atoms with E-state index in [1.54, 1.807) is 0 Å². The number of anilines is 1. The van der Waals surface area contributed by atoms with E-state index in [0.29, 0.717) is 0 Å². The number of hydrogen-bond acceptors (Lipinski definition) is 6. The van der Waals surface area contributed by atoms with E-state index in [9.17, 15) is 19.3 Å². The highest BCUT2D eigenvalue weighted by Crippen LogP contribution is 2.31. The van der Waals surface area contributed by atoms with E-state index >= 15 is 0 Å². The number of rotatable bonds is 7. The zero-order valence-corrected chi connectivity index (χ0v) is 16.3. The molecule has 29 heavy (non-hydrogen) atoms. The van der Waals surface area contributed by atoms with Crippen molar-refractivity contribution in [2.75, 3.05) is 11.9 Å². The molecule has 0 aliphatic rings. The van der Waals surface area contributed by atoms with Crippen LogP contribution in [-0.4, -0.2) is 23.6 Å². The average Bonchev–Trinajstić information content (AvgIpc) is 3.16. The highest BCUT2D eigenvalue weighted by Gasteiger charge is 2.19. The topological polar surface area (TPSA) is 110 Å². The largest absolute Gasteiger partial charge is 0.455 e. The fourth-order valence-corrected chi connectivity index (χ4v) is 2.65. The molecule has 1 amide bonds. The summed E-state index contributed by atoms with van der Waals surface area (Å²) in [5, 5.41) is 17.8. The van der Waals surface area contributed by atoms with Gasteiger partial charge in [0.05, 0.1) is 29.3 Å². The van der Waals surface area contributed by atoms with Crippen molar-refractivity contribution >= 4 is 39.4 Å². The van der Waals surface area contributed by atoms with E-state index < -0.39 is 16.4 Å². The van der Waals surface area contributed by atoms with Crippen molar-refractivity contribution in [2.24, 2.45) is 5.10 Å². The number of carbonyl (C=O) groups is 1. The first-order valence-corrected chi connectivity index (χ1v) is 9.07. The van der Waals surface area contributed by atoms with Gasteiger partial charge in [0.25, 0.3) is 11.6 Å². The average molecular weight is 461 g/mol. The second kappa shape index (κ2) is 9.11. The van der Waals surface area contributed by atoms with Gasteiger partial charge in [-0.25, -0.2) is 9.82 Å². The Morgan fingerprint density at radius 1 is 1.21 bits per heavy atom. The molecular formula is C19H14BrFN4O4. The molecule has 3 aromatic rings. The van der Waals surface area contributed by atoms with Crippen LogP contribution in [0.15, 0.2) is 68.6 Å². The van der Waals surface area contributed by atoms with Crippen molar-refractivity contribution in [3.63, 3.8) is 0 Å². The molecule has 2 aromatic carbocycles. The van der Waals surface area contributed by atoms with Crippen molar-refractivity contribution in [1.29, 1.82) is 0 Å². The van der Waals surface area contributed by atoms with Crippen LogP contribution < -0.4 is 10.7 Å². The Labute approximate surface area is 172 Å². The van der Waals surface area contributed by atoms with Crippen LogP contribution in [-0.2, 0) is 4.79 Å². The van der Waals surface area contributed by atoms with Gasteiger partial charge in [-0.1, -0.05) is 15.9 Å². The molecule has 0 spiro atoms. The third kappa shape index (κ3) is 5.48. The van der Waals surface area contributed by atoms with Crippen LogP contribution in [0.3, 0.4) is 0 Å². The molecular weight excluding hydrogens is 447 g/mol. The number of hydrogen-bond donors (Lipinski definition) is 2. The van der Waals surface area contributed by atoms with E-state index in [4.69, 9.17) is 4.42 Å². The monoisotopic (exact) mass is 460 g/mol. The molecule has 10 heteroatoms. The highest BCUT2D eigenvalue weighted by molar-refractivity contribution is 9.10. The molecule has 0 saturated heterocycles. The smallest absolute Gasteiger partial charge is 0.283 e. The van der Waals surface area contributed by atoms with Crippen molar-refractivity contribution < 1.29 is 18.5 Å². The maximum Gasteiger partial charge on any atom is 0.283 e. The maximum absolute atomic E-state index is 13.3. The first kappa shape index (κ1) is 20.2. The van der Waals surface area contributed by atoms with Crippen molar-refractivity contribution in [3.8, 4) is 11.3 Å². The molecule has 148 valence electrons. The van der Waals surface area contributed by atoms with E-state index in [1.807, 2.05) is 24.3 Å². The lowest BCUT2D eigenvalue weighted by molar-refractivity contribution is -0.384. The van der Waals surface area contributed by atoms with Gasteiger partial charge in [0.1, 0.15) is 17.3 Å². The minimum absolute atomic E-state index is 0.0180. The summed E-state index contributed by atoms with van der Waals surface area (Å²) in [6.45, 7) is 0.0180. The predicted octanol–water partition coefficient (Wildman–Crippen LogP) is 4.32.